The Bertz CT molecular complexity index is 1820. The van der Waals surface area contributed by atoms with Crippen molar-refractivity contribution in [1.82, 2.24) is 20.4 Å². The summed E-state index contributed by atoms with van der Waals surface area (Å²) in [7, 11) is 4.63. The van der Waals surface area contributed by atoms with Crippen LogP contribution < -0.4 is 16.0 Å². The van der Waals surface area contributed by atoms with Crippen LogP contribution in [0.4, 0.5) is 5.69 Å². The standard InChI is InChI=1S/C45H61N5O8S2/c1-9-26(2)40(53)48-31-19-21-58-37-25-45(6,7)39(50(37)43(31)56)41(54)47-30-15-11-13-17-35(30)60-59-34-16-12-10-14-28(34)22-33(52)38-44(4,5)24-36-49(38)42(55)29(18-20-57-36)23-32(51)27(3)46-8/h10-17,26-27,29,31,36-39,46H,9,18-25H2,1-8H3,(H,47,54)(H,48,53)/t26-,27+,29-,31+,36+,37+,38?,39?/m1/s1. The van der Waals surface area contributed by atoms with E-state index in [1.807, 2.05) is 90.1 Å². The molecule has 2 aromatic carbocycles. The van der Waals surface area contributed by atoms with E-state index in [-0.39, 0.29) is 66.6 Å². The number of hydrogen-bond donors (Lipinski definition) is 3. The lowest BCUT2D eigenvalue weighted by molar-refractivity contribution is -0.150. The first-order valence-corrected chi connectivity index (χ1v) is 23.3. The van der Waals surface area contributed by atoms with E-state index < -0.39 is 47.3 Å². The molecule has 60 heavy (non-hydrogen) atoms. The zero-order valence-corrected chi connectivity index (χ0v) is 37.7. The molecule has 0 saturated carbocycles. The first kappa shape index (κ1) is 45.8. The first-order valence-electron chi connectivity index (χ1n) is 21.2. The number of fused-ring (bicyclic) bond motifs is 2. The van der Waals surface area contributed by atoms with Gasteiger partial charge in [0.2, 0.25) is 23.6 Å². The van der Waals surface area contributed by atoms with Crippen LogP contribution in [0.2, 0.25) is 0 Å². The SMILES string of the molecule is CC[C@@H](C)C(=O)N[C@H]1CCO[C@H]2CC(C)(C)C(C(=O)Nc3ccccc3SSc3ccccc3CC(=O)C3N4C(=O)[C@@H](CC(=O)[C@H](C)NC)CCO[C@H]4CC3(C)C)N2C1=O. The maximum absolute atomic E-state index is 14.4. The Morgan fingerprint density at radius 3 is 2.07 bits per heavy atom. The third-order valence-corrected chi connectivity index (χ3v) is 15.2. The second kappa shape index (κ2) is 19.1. The summed E-state index contributed by atoms with van der Waals surface area (Å²) < 4.78 is 12.3. The van der Waals surface area contributed by atoms with Gasteiger partial charge in [0.25, 0.3) is 0 Å². The van der Waals surface area contributed by atoms with Gasteiger partial charge < -0.3 is 35.2 Å². The monoisotopic (exact) mass is 863 g/mol. The van der Waals surface area contributed by atoms with Crippen LogP contribution in [0.15, 0.2) is 58.3 Å². The van der Waals surface area contributed by atoms with Crippen LogP contribution in [0, 0.1) is 22.7 Å². The van der Waals surface area contributed by atoms with Crippen LogP contribution >= 0.6 is 21.6 Å². The molecule has 8 atom stereocenters. The molecule has 0 aromatic heterocycles. The molecule has 4 aliphatic heterocycles. The molecule has 13 nitrogen and oxygen atoms in total. The largest absolute Gasteiger partial charge is 0.358 e. The first-order chi connectivity index (χ1) is 28.5. The fraction of sp³-hybridized carbons (Fsp3) is 0.600. The molecule has 6 rings (SSSR count). The van der Waals surface area contributed by atoms with Crippen molar-refractivity contribution in [2.75, 3.05) is 25.6 Å². The van der Waals surface area contributed by atoms with E-state index in [9.17, 15) is 28.8 Å². The van der Waals surface area contributed by atoms with Gasteiger partial charge in [-0.15, -0.1) is 0 Å². The van der Waals surface area contributed by atoms with Crippen LogP contribution in [0.3, 0.4) is 0 Å². The van der Waals surface area contributed by atoms with Crippen molar-refractivity contribution in [1.29, 1.82) is 0 Å². The zero-order valence-electron chi connectivity index (χ0n) is 36.1. The summed E-state index contributed by atoms with van der Waals surface area (Å²) >= 11 is 0. The number of nitrogens with one attached hydrogen (secondary N) is 3. The van der Waals surface area contributed by atoms with Crippen molar-refractivity contribution in [2.45, 2.75) is 140 Å². The third-order valence-electron chi connectivity index (χ3n) is 12.7. The maximum atomic E-state index is 14.4. The van der Waals surface area contributed by atoms with Crippen molar-refractivity contribution < 1.29 is 38.2 Å². The Kier molecular flexibility index (Phi) is 14.6. The number of rotatable bonds is 15. The number of benzene rings is 2. The minimum absolute atomic E-state index is 0.0457. The van der Waals surface area contributed by atoms with Gasteiger partial charge >= 0.3 is 0 Å². The van der Waals surface area contributed by atoms with E-state index in [4.69, 9.17) is 9.47 Å². The van der Waals surface area contributed by atoms with Gasteiger partial charge in [-0.1, -0.05) is 93.5 Å². The summed E-state index contributed by atoms with van der Waals surface area (Å²) in [6.45, 7) is 14.1. The van der Waals surface area contributed by atoms with Crippen molar-refractivity contribution in [2.24, 2.45) is 22.7 Å². The van der Waals surface area contributed by atoms with Crippen LogP contribution in [-0.4, -0.2) is 102 Å². The number of ether oxygens (including phenoxy) is 2. The van der Waals surface area contributed by atoms with Gasteiger partial charge in [-0.2, -0.15) is 0 Å². The van der Waals surface area contributed by atoms with Crippen LogP contribution in [0.25, 0.3) is 0 Å². The zero-order chi connectivity index (χ0) is 43.5. The van der Waals surface area contributed by atoms with E-state index in [1.165, 1.54) is 26.5 Å². The highest BCUT2D eigenvalue weighted by Gasteiger charge is 2.56. The summed E-state index contributed by atoms with van der Waals surface area (Å²) in [5.74, 6) is -2.00. The average molecular weight is 864 g/mol. The molecule has 4 heterocycles. The maximum Gasteiger partial charge on any atom is 0.247 e. The second-order valence-corrected chi connectivity index (χ2v) is 20.3. The lowest BCUT2D eigenvalue weighted by atomic mass is 9.80. The van der Waals surface area contributed by atoms with Gasteiger partial charge in [0, 0.05) is 47.5 Å². The van der Waals surface area contributed by atoms with Crippen LogP contribution in [-0.2, 0) is 44.7 Å². The Labute approximate surface area is 362 Å². The third kappa shape index (κ3) is 9.80. The van der Waals surface area contributed by atoms with Gasteiger partial charge in [0.1, 0.15) is 30.3 Å². The lowest BCUT2D eigenvalue weighted by Gasteiger charge is -2.33. The van der Waals surface area contributed by atoms with E-state index in [0.717, 1.165) is 15.4 Å². The highest BCUT2D eigenvalue weighted by atomic mass is 33.1. The summed E-state index contributed by atoms with van der Waals surface area (Å²) in [6, 6.07) is 12.4. The summed E-state index contributed by atoms with van der Waals surface area (Å²) in [4.78, 5) is 87.4. The Balaban J connectivity index is 1.16. The summed E-state index contributed by atoms with van der Waals surface area (Å²) in [6.07, 6.45) is 1.46. The van der Waals surface area contributed by atoms with Gasteiger partial charge in [0.15, 0.2) is 5.78 Å². The molecule has 326 valence electrons. The van der Waals surface area contributed by atoms with E-state index >= 15 is 0 Å². The average Bonchev–Trinajstić information content (AvgIpc) is 3.53. The smallest absolute Gasteiger partial charge is 0.247 e. The molecule has 4 amide bonds. The molecular formula is C45H61N5O8S2. The van der Waals surface area contributed by atoms with Crippen molar-refractivity contribution >= 4 is 62.5 Å². The fourth-order valence-corrected chi connectivity index (χ4v) is 11.3. The minimum atomic E-state index is -0.845. The van der Waals surface area contributed by atoms with Gasteiger partial charge in [-0.3, -0.25) is 28.8 Å². The quantitative estimate of drug-likeness (QED) is 0.180. The Morgan fingerprint density at radius 2 is 1.40 bits per heavy atom. The molecule has 0 radical (unpaired) electrons. The van der Waals surface area contributed by atoms with Crippen LogP contribution in [0.1, 0.15) is 92.6 Å². The van der Waals surface area contributed by atoms with Gasteiger partial charge in [-0.05, 0) is 74.2 Å². The highest BCUT2D eigenvalue weighted by Crippen LogP contribution is 2.47. The van der Waals surface area contributed by atoms with Gasteiger partial charge in [0.05, 0.1) is 24.4 Å². The highest BCUT2D eigenvalue weighted by molar-refractivity contribution is 8.76. The summed E-state index contributed by atoms with van der Waals surface area (Å²) in [5, 5.41) is 8.99. The topological polar surface area (TPSA) is 163 Å². The molecule has 2 unspecified atom stereocenters. The molecule has 15 heteroatoms. The van der Waals surface area contributed by atoms with E-state index in [0.29, 0.717) is 44.4 Å². The summed E-state index contributed by atoms with van der Waals surface area (Å²) in [5.41, 5.74) is 0.229. The molecule has 0 bridgehead atoms. The number of Topliss-reactive ketones (excluding diaryl/α,β-unsaturated/α-hetero) is 2. The molecule has 0 spiro atoms. The minimum Gasteiger partial charge on any atom is -0.358 e. The number of hydrogen-bond acceptors (Lipinski definition) is 11. The fourth-order valence-electron chi connectivity index (χ4n) is 8.95. The number of ketones is 2. The molecule has 2 aromatic rings. The Hall–Kier alpha value is -3.76. The number of amides is 4. The van der Waals surface area contributed by atoms with Crippen molar-refractivity contribution in [3.63, 3.8) is 0 Å². The molecule has 4 aliphatic rings. The lowest BCUT2D eigenvalue weighted by Crippen LogP contribution is -2.56. The number of likely N-dealkylation sites (N-methyl/N-ethyl adjacent to an activating group) is 1. The molecule has 4 fully saturated rings. The number of para-hydroxylation sites is 1. The predicted molar refractivity (Wildman–Crippen MR) is 232 cm³/mol. The molecule has 3 N–H and O–H groups in total. The number of anilines is 1. The normalized spacial score (nSPS) is 26.9. The van der Waals surface area contributed by atoms with Crippen molar-refractivity contribution in [3.05, 3.63) is 54.1 Å². The van der Waals surface area contributed by atoms with E-state index in [1.54, 1.807) is 18.9 Å². The molecule has 4 saturated heterocycles. The number of carbonyl (C=O) groups excluding carboxylic acids is 6. The molecular weight excluding hydrogens is 803 g/mol. The van der Waals surface area contributed by atoms with E-state index in [2.05, 4.69) is 16.0 Å². The number of nitrogens with zero attached hydrogens (tertiary/aromatic N) is 2. The van der Waals surface area contributed by atoms with Gasteiger partial charge in [-0.25, -0.2) is 0 Å². The molecule has 0 aliphatic carbocycles. The van der Waals surface area contributed by atoms with Crippen LogP contribution in [0.5, 0.6) is 0 Å². The second-order valence-electron chi connectivity index (χ2n) is 18.1. The predicted octanol–water partition coefficient (Wildman–Crippen LogP) is 6.00. The number of carbonyl (C=O) groups is 6. The van der Waals surface area contributed by atoms with Crippen molar-refractivity contribution in [3.8, 4) is 0 Å². The Morgan fingerprint density at radius 1 is 0.817 bits per heavy atom.